The fourth-order valence-corrected chi connectivity index (χ4v) is 6.46. The molecule has 1 amide bonds. The maximum atomic E-state index is 13.3. The number of aromatic nitrogens is 1. The van der Waals surface area contributed by atoms with Crippen LogP contribution in [0.4, 0.5) is 0 Å². The van der Waals surface area contributed by atoms with E-state index in [0.29, 0.717) is 11.3 Å². The van der Waals surface area contributed by atoms with Crippen LogP contribution in [0.5, 0.6) is 0 Å². The number of nitrogens with zero attached hydrogens (tertiary/aromatic N) is 3. The molecule has 2 aliphatic heterocycles. The number of piperidine rings is 2. The first kappa shape index (κ1) is 24.3. The molecule has 35 heavy (non-hydrogen) atoms. The maximum absolute atomic E-state index is 13.3. The Labute approximate surface area is 214 Å². The van der Waals surface area contributed by atoms with Crippen LogP contribution in [0.3, 0.4) is 0 Å². The van der Waals surface area contributed by atoms with Crippen LogP contribution < -0.4 is 0 Å². The summed E-state index contributed by atoms with van der Waals surface area (Å²) in [4.78, 5) is 22.7. The molecule has 1 aromatic heterocycles. The van der Waals surface area contributed by atoms with Gasteiger partial charge in [-0.3, -0.25) is 4.79 Å². The molecule has 0 atom stereocenters. The van der Waals surface area contributed by atoms with E-state index in [9.17, 15) is 4.79 Å². The van der Waals surface area contributed by atoms with Gasteiger partial charge < -0.3 is 9.80 Å². The van der Waals surface area contributed by atoms with Crippen molar-refractivity contribution in [3.05, 3.63) is 71.9 Å². The van der Waals surface area contributed by atoms with Crippen molar-refractivity contribution in [1.82, 2.24) is 14.8 Å². The van der Waals surface area contributed by atoms with Crippen molar-refractivity contribution in [2.45, 2.75) is 62.3 Å². The Kier molecular flexibility index (Phi) is 7.74. The summed E-state index contributed by atoms with van der Waals surface area (Å²) in [6.07, 6.45) is 7.92. The van der Waals surface area contributed by atoms with Crippen LogP contribution in [0.15, 0.2) is 65.8 Å². The van der Waals surface area contributed by atoms with E-state index in [4.69, 9.17) is 0 Å². The molecule has 0 N–H and O–H groups in total. The largest absolute Gasteiger partial charge is 0.339 e. The molecule has 0 bridgehead atoms. The van der Waals surface area contributed by atoms with Crippen molar-refractivity contribution in [2.24, 2.45) is 5.92 Å². The minimum Gasteiger partial charge on any atom is -0.339 e. The summed E-state index contributed by atoms with van der Waals surface area (Å²) in [7, 11) is 0. The molecule has 2 saturated heterocycles. The molecule has 5 heteroatoms. The minimum atomic E-state index is 0.186. The van der Waals surface area contributed by atoms with Crippen LogP contribution in [0.25, 0.3) is 10.8 Å². The molecular formula is C30H37N3OS. The standard InChI is InChI=1S/C30H37N3OS/c1-22(2)35-29-11-10-24(21-31-29)20-23-12-16-32(17-13-23)26-14-18-33(19-15-26)30(34)28-9-5-7-25-6-3-4-8-27(25)28/h3-11,21-23,26H,12-20H2,1-2H3. The summed E-state index contributed by atoms with van der Waals surface area (Å²) in [6, 6.07) is 19.3. The highest BCUT2D eigenvalue weighted by molar-refractivity contribution is 7.99. The third-order valence-corrected chi connectivity index (χ3v) is 8.57. The zero-order valence-electron chi connectivity index (χ0n) is 21.0. The van der Waals surface area contributed by atoms with E-state index < -0.39 is 0 Å². The number of likely N-dealkylation sites (tertiary alicyclic amines) is 2. The smallest absolute Gasteiger partial charge is 0.254 e. The summed E-state index contributed by atoms with van der Waals surface area (Å²) in [6.45, 7) is 8.50. The number of benzene rings is 2. The number of rotatable bonds is 6. The average molecular weight is 488 g/mol. The molecule has 3 aromatic rings. The van der Waals surface area contributed by atoms with E-state index in [1.807, 2.05) is 36.0 Å². The Morgan fingerprint density at radius 1 is 0.943 bits per heavy atom. The molecule has 3 heterocycles. The Balaban J connectivity index is 1.10. The predicted octanol–water partition coefficient (Wildman–Crippen LogP) is 6.29. The van der Waals surface area contributed by atoms with E-state index in [2.05, 4.69) is 65.2 Å². The van der Waals surface area contributed by atoms with Crippen LogP contribution in [0.1, 0.15) is 55.5 Å². The SMILES string of the molecule is CC(C)Sc1ccc(CC2CCN(C3CCN(C(=O)c4cccc5ccccc45)CC3)CC2)cn1. The van der Waals surface area contributed by atoms with E-state index >= 15 is 0 Å². The van der Waals surface area contributed by atoms with Gasteiger partial charge in [0.1, 0.15) is 0 Å². The van der Waals surface area contributed by atoms with Crippen molar-refractivity contribution in [2.75, 3.05) is 26.2 Å². The molecule has 0 radical (unpaired) electrons. The van der Waals surface area contributed by atoms with Crippen molar-refractivity contribution >= 4 is 28.4 Å². The number of pyridine rings is 1. The molecule has 2 aliphatic rings. The highest BCUT2D eigenvalue weighted by Gasteiger charge is 2.30. The van der Waals surface area contributed by atoms with Crippen LogP contribution >= 0.6 is 11.8 Å². The van der Waals surface area contributed by atoms with Crippen LogP contribution in [-0.4, -0.2) is 58.2 Å². The van der Waals surface area contributed by atoms with Gasteiger partial charge in [0.2, 0.25) is 0 Å². The zero-order chi connectivity index (χ0) is 24.2. The molecule has 2 fully saturated rings. The van der Waals surface area contributed by atoms with Gasteiger partial charge >= 0.3 is 0 Å². The second-order valence-electron chi connectivity index (χ2n) is 10.4. The van der Waals surface area contributed by atoms with E-state index in [-0.39, 0.29) is 5.91 Å². The molecular weight excluding hydrogens is 450 g/mol. The lowest BCUT2D eigenvalue weighted by Gasteiger charge is -2.42. The number of hydrogen-bond donors (Lipinski definition) is 0. The van der Waals surface area contributed by atoms with Crippen molar-refractivity contribution in [3.63, 3.8) is 0 Å². The molecule has 5 rings (SSSR count). The van der Waals surface area contributed by atoms with Crippen molar-refractivity contribution < 1.29 is 4.79 Å². The van der Waals surface area contributed by atoms with Gasteiger partial charge in [-0.25, -0.2) is 4.98 Å². The predicted molar refractivity (Wildman–Crippen MR) is 146 cm³/mol. The van der Waals surface area contributed by atoms with Gasteiger partial charge in [-0.1, -0.05) is 56.3 Å². The van der Waals surface area contributed by atoms with Gasteiger partial charge in [0, 0.05) is 36.1 Å². The Hall–Kier alpha value is -2.37. The summed E-state index contributed by atoms with van der Waals surface area (Å²) >= 11 is 1.83. The van der Waals surface area contributed by atoms with Gasteiger partial charge in [-0.05, 0) is 79.6 Å². The van der Waals surface area contributed by atoms with Crippen LogP contribution in [0, 0.1) is 5.92 Å². The summed E-state index contributed by atoms with van der Waals surface area (Å²) in [5, 5.41) is 3.90. The number of carbonyl (C=O) groups excluding carboxylic acids is 1. The van der Waals surface area contributed by atoms with Gasteiger partial charge in [0.05, 0.1) is 5.03 Å². The first-order valence-corrected chi connectivity index (χ1v) is 14.1. The lowest BCUT2D eigenvalue weighted by Crippen LogP contribution is -2.49. The molecule has 2 aromatic carbocycles. The Morgan fingerprint density at radius 2 is 1.69 bits per heavy atom. The van der Waals surface area contributed by atoms with Gasteiger partial charge in [0.15, 0.2) is 0 Å². The highest BCUT2D eigenvalue weighted by atomic mass is 32.2. The molecule has 0 spiro atoms. The quantitative estimate of drug-likeness (QED) is 0.383. The Bertz CT molecular complexity index is 1120. The van der Waals surface area contributed by atoms with Gasteiger partial charge in [-0.2, -0.15) is 0 Å². The highest BCUT2D eigenvalue weighted by Crippen LogP contribution is 2.28. The average Bonchev–Trinajstić information content (AvgIpc) is 2.89. The maximum Gasteiger partial charge on any atom is 0.254 e. The monoisotopic (exact) mass is 487 g/mol. The molecule has 0 unspecified atom stereocenters. The van der Waals surface area contributed by atoms with Crippen molar-refractivity contribution in [1.29, 1.82) is 0 Å². The Morgan fingerprint density at radius 3 is 2.40 bits per heavy atom. The molecule has 0 saturated carbocycles. The summed E-state index contributed by atoms with van der Waals surface area (Å²) in [5.41, 5.74) is 2.21. The molecule has 4 nitrogen and oxygen atoms in total. The first-order valence-electron chi connectivity index (χ1n) is 13.2. The second kappa shape index (κ2) is 11.1. The number of hydrogen-bond acceptors (Lipinski definition) is 4. The topological polar surface area (TPSA) is 36.4 Å². The van der Waals surface area contributed by atoms with E-state index in [0.717, 1.165) is 59.6 Å². The van der Waals surface area contributed by atoms with E-state index in [1.54, 1.807) is 0 Å². The second-order valence-corrected chi connectivity index (χ2v) is 12.0. The minimum absolute atomic E-state index is 0.186. The normalized spacial score (nSPS) is 18.4. The van der Waals surface area contributed by atoms with E-state index in [1.165, 1.54) is 31.5 Å². The van der Waals surface area contributed by atoms with Gasteiger partial charge in [-0.15, -0.1) is 11.8 Å². The number of carbonyl (C=O) groups is 1. The fourth-order valence-electron chi connectivity index (χ4n) is 5.71. The fraction of sp³-hybridized carbons (Fsp3) is 0.467. The first-order chi connectivity index (χ1) is 17.1. The van der Waals surface area contributed by atoms with Crippen LogP contribution in [0.2, 0.25) is 0 Å². The summed E-state index contributed by atoms with van der Waals surface area (Å²) in [5.74, 6) is 0.940. The molecule has 0 aliphatic carbocycles. The lowest BCUT2D eigenvalue weighted by atomic mass is 9.89. The number of amides is 1. The zero-order valence-corrected chi connectivity index (χ0v) is 21.8. The lowest BCUT2D eigenvalue weighted by molar-refractivity contribution is 0.0553. The number of fused-ring (bicyclic) bond motifs is 1. The van der Waals surface area contributed by atoms with Crippen molar-refractivity contribution in [3.8, 4) is 0 Å². The van der Waals surface area contributed by atoms with Gasteiger partial charge in [0.25, 0.3) is 5.91 Å². The third-order valence-electron chi connectivity index (χ3n) is 7.62. The number of thioether (sulfide) groups is 1. The van der Waals surface area contributed by atoms with Crippen LogP contribution in [-0.2, 0) is 6.42 Å². The third kappa shape index (κ3) is 5.90. The summed E-state index contributed by atoms with van der Waals surface area (Å²) < 4.78 is 0. The molecule has 184 valence electrons.